The lowest BCUT2D eigenvalue weighted by atomic mass is 10.1. The Morgan fingerprint density at radius 3 is 2.35 bits per heavy atom. The Kier molecular flexibility index (Phi) is 4.01. The summed E-state index contributed by atoms with van der Waals surface area (Å²) in [4.78, 5) is 41.9. The first-order valence-electron chi connectivity index (χ1n) is 8.08. The van der Waals surface area contributed by atoms with Gasteiger partial charge in [-0.05, 0) is 36.2 Å². The Bertz CT molecular complexity index is 1040. The fourth-order valence-corrected chi connectivity index (χ4v) is 3.42. The standard InChI is InChI=1S/C20H13ClN2O3/c21-16-7-3-4-13-10-12(17(11-24)22-18(13)16)8-9-23-19(25)14-5-1-2-6-15(14)20(23)26/h1-7,10-11H,8-9H2. The molecule has 5 nitrogen and oxygen atoms in total. The van der Waals surface area contributed by atoms with Gasteiger partial charge in [0, 0.05) is 11.9 Å². The van der Waals surface area contributed by atoms with Crippen LogP contribution in [-0.2, 0) is 6.42 Å². The van der Waals surface area contributed by atoms with E-state index in [2.05, 4.69) is 4.98 Å². The van der Waals surface area contributed by atoms with Crippen LogP contribution in [0.4, 0.5) is 0 Å². The number of rotatable bonds is 4. The Morgan fingerprint density at radius 1 is 1.00 bits per heavy atom. The molecular formula is C20H13ClN2O3. The number of fused-ring (bicyclic) bond motifs is 2. The molecule has 0 radical (unpaired) electrons. The van der Waals surface area contributed by atoms with E-state index in [1.807, 2.05) is 12.1 Å². The largest absolute Gasteiger partial charge is 0.296 e. The lowest BCUT2D eigenvalue weighted by Crippen LogP contribution is -2.32. The minimum absolute atomic E-state index is 0.181. The zero-order chi connectivity index (χ0) is 18.3. The van der Waals surface area contributed by atoms with Crippen molar-refractivity contribution in [3.8, 4) is 0 Å². The molecule has 0 atom stereocenters. The summed E-state index contributed by atoms with van der Waals surface area (Å²) in [5.74, 6) is -0.620. The molecule has 0 bridgehead atoms. The van der Waals surface area contributed by atoms with Crippen molar-refractivity contribution in [2.45, 2.75) is 6.42 Å². The van der Waals surface area contributed by atoms with Crippen molar-refractivity contribution in [2.75, 3.05) is 6.54 Å². The Balaban J connectivity index is 1.64. The van der Waals surface area contributed by atoms with Gasteiger partial charge < -0.3 is 0 Å². The average molecular weight is 365 g/mol. The molecule has 0 saturated carbocycles. The van der Waals surface area contributed by atoms with Crippen molar-refractivity contribution >= 4 is 40.6 Å². The molecule has 128 valence electrons. The molecule has 6 heteroatoms. The van der Waals surface area contributed by atoms with E-state index in [1.165, 1.54) is 4.90 Å². The Morgan fingerprint density at radius 2 is 1.69 bits per heavy atom. The second-order valence-corrected chi connectivity index (χ2v) is 6.43. The van der Waals surface area contributed by atoms with Crippen molar-refractivity contribution in [1.29, 1.82) is 0 Å². The zero-order valence-corrected chi connectivity index (χ0v) is 14.4. The van der Waals surface area contributed by atoms with Crippen LogP contribution in [0.3, 0.4) is 0 Å². The van der Waals surface area contributed by atoms with Gasteiger partial charge >= 0.3 is 0 Å². The Labute approximate surface area is 154 Å². The SMILES string of the molecule is O=Cc1nc2c(Cl)cccc2cc1CCN1C(=O)c2ccccc2C1=O. The highest BCUT2D eigenvalue weighted by Crippen LogP contribution is 2.25. The number of benzene rings is 2. The lowest BCUT2D eigenvalue weighted by Gasteiger charge is -2.15. The molecule has 0 fully saturated rings. The molecule has 4 rings (SSSR count). The molecule has 26 heavy (non-hydrogen) atoms. The van der Waals surface area contributed by atoms with Gasteiger partial charge in [-0.25, -0.2) is 4.98 Å². The zero-order valence-electron chi connectivity index (χ0n) is 13.6. The predicted molar refractivity (Wildman–Crippen MR) is 97.7 cm³/mol. The molecule has 0 unspecified atom stereocenters. The third-order valence-corrected chi connectivity index (χ3v) is 4.81. The number of aldehydes is 1. The number of imide groups is 1. The third-order valence-electron chi connectivity index (χ3n) is 4.50. The van der Waals surface area contributed by atoms with Gasteiger partial charge in [-0.1, -0.05) is 35.9 Å². The number of carbonyl (C=O) groups is 3. The highest BCUT2D eigenvalue weighted by molar-refractivity contribution is 6.35. The van der Waals surface area contributed by atoms with Crippen LogP contribution in [0.5, 0.6) is 0 Å². The van der Waals surface area contributed by atoms with Gasteiger partial charge in [0.2, 0.25) is 0 Å². The van der Waals surface area contributed by atoms with E-state index in [0.717, 1.165) is 5.39 Å². The summed E-state index contributed by atoms with van der Waals surface area (Å²) < 4.78 is 0. The van der Waals surface area contributed by atoms with E-state index in [9.17, 15) is 14.4 Å². The van der Waals surface area contributed by atoms with Gasteiger partial charge in [-0.2, -0.15) is 0 Å². The number of para-hydroxylation sites is 1. The molecule has 2 heterocycles. The fraction of sp³-hybridized carbons (Fsp3) is 0.100. The molecule has 2 amide bonds. The monoisotopic (exact) mass is 364 g/mol. The second-order valence-electron chi connectivity index (χ2n) is 6.02. The summed E-state index contributed by atoms with van der Waals surface area (Å²) in [7, 11) is 0. The maximum atomic E-state index is 12.4. The first-order valence-corrected chi connectivity index (χ1v) is 8.46. The van der Waals surface area contributed by atoms with Crippen molar-refractivity contribution in [1.82, 2.24) is 9.88 Å². The number of halogens is 1. The van der Waals surface area contributed by atoms with Crippen LogP contribution in [-0.4, -0.2) is 34.5 Å². The molecule has 0 aliphatic carbocycles. The first kappa shape index (κ1) is 16.4. The number of nitrogens with zero attached hydrogens (tertiary/aromatic N) is 2. The van der Waals surface area contributed by atoms with Gasteiger partial charge in [0.15, 0.2) is 6.29 Å². The average Bonchev–Trinajstić information content (AvgIpc) is 2.90. The molecule has 1 aromatic heterocycles. The van der Waals surface area contributed by atoms with Crippen LogP contribution in [0.1, 0.15) is 36.8 Å². The minimum Gasteiger partial charge on any atom is -0.296 e. The first-order chi connectivity index (χ1) is 12.6. The number of amides is 2. The van der Waals surface area contributed by atoms with Crippen LogP contribution < -0.4 is 0 Å². The van der Waals surface area contributed by atoms with Crippen LogP contribution in [0.15, 0.2) is 48.5 Å². The number of aromatic nitrogens is 1. The maximum absolute atomic E-state index is 12.4. The molecule has 3 aromatic rings. The molecular weight excluding hydrogens is 352 g/mol. The summed E-state index contributed by atoms with van der Waals surface area (Å²) in [5, 5.41) is 1.28. The summed E-state index contributed by atoms with van der Waals surface area (Å²) in [6.45, 7) is 0.181. The van der Waals surface area contributed by atoms with Crippen LogP contribution >= 0.6 is 11.6 Å². The van der Waals surface area contributed by atoms with Crippen LogP contribution in [0.2, 0.25) is 5.02 Å². The van der Waals surface area contributed by atoms with E-state index >= 15 is 0 Å². The van der Waals surface area contributed by atoms with Gasteiger partial charge in [0.05, 0.1) is 21.7 Å². The summed E-state index contributed by atoms with van der Waals surface area (Å²) >= 11 is 6.13. The smallest absolute Gasteiger partial charge is 0.261 e. The van der Waals surface area contributed by atoms with Crippen molar-refractivity contribution < 1.29 is 14.4 Å². The summed E-state index contributed by atoms with van der Waals surface area (Å²) in [5.41, 5.74) is 2.32. The van der Waals surface area contributed by atoms with Gasteiger partial charge in [0.25, 0.3) is 11.8 Å². The normalized spacial score (nSPS) is 13.3. The number of carbonyl (C=O) groups excluding carboxylic acids is 3. The van der Waals surface area contributed by atoms with Gasteiger partial charge in [0.1, 0.15) is 5.69 Å². The molecule has 1 aliphatic rings. The van der Waals surface area contributed by atoms with Crippen LogP contribution in [0.25, 0.3) is 10.9 Å². The minimum atomic E-state index is -0.310. The number of pyridine rings is 1. The molecule has 0 saturated heterocycles. The molecule has 2 aromatic carbocycles. The molecule has 0 N–H and O–H groups in total. The Hall–Kier alpha value is -3.05. The van der Waals surface area contributed by atoms with E-state index < -0.39 is 0 Å². The quantitative estimate of drug-likeness (QED) is 0.524. The second kappa shape index (κ2) is 6.35. The predicted octanol–water partition coefficient (Wildman–Crippen LogP) is 3.54. The van der Waals surface area contributed by atoms with Crippen molar-refractivity contribution in [3.63, 3.8) is 0 Å². The van der Waals surface area contributed by atoms with E-state index in [-0.39, 0.29) is 24.1 Å². The van der Waals surface area contributed by atoms with Gasteiger partial charge in [-0.3, -0.25) is 19.3 Å². The van der Waals surface area contributed by atoms with Crippen molar-refractivity contribution in [2.24, 2.45) is 0 Å². The number of hydrogen-bond donors (Lipinski definition) is 0. The maximum Gasteiger partial charge on any atom is 0.261 e. The third kappa shape index (κ3) is 2.57. The number of hydrogen-bond acceptors (Lipinski definition) is 4. The topological polar surface area (TPSA) is 67.3 Å². The highest BCUT2D eigenvalue weighted by Gasteiger charge is 2.34. The van der Waals surface area contributed by atoms with E-state index in [4.69, 9.17) is 11.6 Å². The summed E-state index contributed by atoms with van der Waals surface area (Å²) in [6.07, 6.45) is 1.01. The summed E-state index contributed by atoms with van der Waals surface area (Å²) in [6, 6.07) is 14.0. The molecule has 0 spiro atoms. The van der Waals surface area contributed by atoms with E-state index in [1.54, 1.807) is 36.4 Å². The van der Waals surface area contributed by atoms with Gasteiger partial charge in [-0.15, -0.1) is 0 Å². The molecule has 1 aliphatic heterocycles. The van der Waals surface area contributed by atoms with E-state index in [0.29, 0.717) is 39.9 Å². The highest BCUT2D eigenvalue weighted by atomic mass is 35.5. The fourth-order valence-electron chi connectivity index (χ4n) is 3.20. The lowest BCUT2D eigenvalue weighted by molar-refractivity contribution is 0.0656. The van der Waals surface area contributed by atoms with Crippen molar-refractivity contribution in [3.05, 3.63) is 75.9 Å². The van der Waals surface area contributed by atoms with Crippen LogP contribution in [0, 0.1) is 0 Å².